The van der Waals surface area contributed by atoms with Crippen molar-refractivity contribution in [1.29, 1.82) is 0 Å². The Morgan fingerprint density at radius 3 is 2.38 bits per heavy atom. The number of carbonyl (C=O) groups excluding carboxylic acids is 2. The van der Waals surface area contributed by atoms with Gasteiger partial charge in [-0.2, -0.15) is 0 Å². The Labute approximate surface area is 126 Å². The summed E-state index contributed by atoms with van der Waals surface area (Å²) in [6, 6.07) is 0.601. The highest BCUT2D eigenvalue weighted by Gasteiger charge is 2.59. The number of rotatable bonds is 2. The average Bonchev–Trinajstić information content (AvgIpc) is 2.96. The van der Waals surface area contributed by atoms with Gasteiger partial charge in [-0.1, -0.05) is 12.8 Å². The number of amides is 2. The molecule has 2 aliphatic carbocycles. The van der Waals surface area contributed by atoms with Crippen LogP contribution in [-0.4, -0.2) is 55.1 Å². The fourth-order valence-electron chi connectivity index (χ4n) is 4.19. The van der Waals surface area contributed by atoms with E-state index in [1.54, 1.807) is 0 Å². The van der Waals surface area contributed by atoms with Crippen molar-refractivity contribution in [3.8, 4) is 0 Å². The summed E-state index contributed by atoms with van der Waals surface area (Å²) in [5.41, 5.74) is 0.135. The zero-order valence-corrected chi connectivity index (χ0v) is 13.1. The van der Waals surface area contributed by atoms with Crippen molar-refractivity contribution >= 4 is 12.0 Å². The molecule has 0 aromatic heterocycles. The molecular formula is C16H26N2O3. The molecule has 3 rings (SSSR count). The summed E-state index contributed by atoms with van der Waals surface area (Å²) in [6.45, 7) is 1.56. The molecular weight excluding hydrogens is 268 g/mol. The quantitative estimate of drug-likeness (QED) is 0.734. The largest absolute Gasteiger partial charge is 0.469 e. The fraction of sp³-hybridized carbons (Fsp3) is 0.875. The molecule has 0 aromatic carbocycles. The smallest absolute Gasteiger partial charge is 0.319 e. The Hall–Kier alpha value is -1.26. The van der Waals surface area contributed by atoms with Crippen molar-refractivity contribution in [3.63, 3.8) is 0 Å². The second-order valence-electron chi connectivity index (χ2n) is 6.96. The molecule has 2 amide bonds. The van der Waals surface area contributed by atoms with Crippen molar-refractivity contribution in [2.24, 2.45) is 11.3 Å². The summed E-state index contributed by atoms with van der Waals surface area (Å²) in [5.74, 6) is 0.00478. The molecule has 118 valence electrons. The van der Waals surface area contributed by atoms with Gasteiger partial charge in [-0.15, -0.1) is 0 Å². The number of esters is 1. The molecule has 3 fully saturated rings. The molecule has 0 aromatic rings. The van der Waals surface area contributed by atoms with E-state index in [0.29, 0.717) is 6.04 Å². The van der Waals surface area contributed by atoms with Crippen LogP contribution in [-0.2, 0) is 9.53 Å². The predicted molar refractivity (Wildman–Crippen MR) is 78.8 cm³/mol. The number of piperidine rings is 1. The summed E-state index contributed by atoms with van der Waals surface area (Å²) in [7, 11) is 3.40. The first kappa shape index (κ1) is 14.7. The number of nitrogens with zero attached hydrogens (tertiary/aromatic N) is 2. The van der Waals surface area contributed by atoms with Crippen molar-refractivity contribution < 1.29 is 14.3 Å². The van der Waals surface area contributed by atoms with Gasteiger partial charge in [-0.3, -0.25) is 4.79 Å². The Bertz CT molecular complexity index is 423. The van der Waals surface area contributed by atoms with Gasteiger partial charge in [0.25, 0.3) is 0 Å². The highest BCUT2D eigenvalue weighted by Crippen LogP contribution is 2.59. The number of ether oxygens (including phenoxy) is 1. The van der Waals surface area contributed by atoms with E-state index in [-0.39, 0.29) is 23.3 Å². The Morgan fingerprint density at radius 1 is 1.19 bits per heavy atom. The van der Waals surface area contributed by atoms with Gasteiger partial charge in [-0.25, -0.2) is 4.79 Å². The van der Waals surface area contributed by atoms with Gasteiger partial charge >= 0.3 is 12.0 Å². The van der Waals surface area contributed by atoms with Crippen LogP contribution in [0.1, 0.15) is 44.9 Å². The van der Waals surface area contributed by atoms with Crippen LogP contribution in [0.25, 0.3) is 0 Å². The van der Waals surface area contributed by atoms with Gasteiger partial charge in [0.15, 0.2) is 0 Å². The number of methoxy groups -OCH3 is 1. The van der Waals surface area contributed by atoms with Crippen LogP contribution < -0.4 is 0 Å². The molecule has 1 aliphatic heterocycles. The van der Waals surface area contributed by atoms with Gasteiger partial charge in [-0.05, 0) is 37.5 Å². The van der Waals surface area contributed by atoms with Crippen LogP contribution in [0.2, 0.25) is 0 Å². The van der Waals surface area contributed by atoms with Gasteiger partial charge < -0.3 is 14.5 Å². The molecule has 0 bridgehead atoms. The van der Waals surface area contributed by atoms with Gasteiger partial charge in [0.05, 0.1) is 13.0 Å². The molecule has 1 spiro atoms. The lowest BCUT2D eigenvalue weighted by atomic mass is 9.91. The van der Waals surface area contributed by atoms with Crippen molar-refractivity contribution in [2.45, 2.75) is 51.0 Å². The fourth-order valence-corrected chi connectivity index (χ4v) is 4.19. The first-order chi connectivity index (χ1) is 10.1. The molecule has 3 aliphatic rings. The lowest BCUT2D eigenvalue weighted by molar-refractivity contribution is -0.143. The minimum Gasteiger partial charge on any atom is -0.469 e. The van der Waals surface area contributed by atoms with Crippen LogP contribution in [0.4, 0.5) is 4.79 Å². The molecule has 1 heterocycles. The van der Waals surface area contributed by atoms with E-state index in [0.717, 1.165) is 45.2 Å². The normalized spacial score (nSPS) is 27.7. The molecule has 0 N–H and O–H groups in total. The van der Waals surface area contributed by atoms with Crippen LogP contribution in [0, 0.1) is 11.3 Å². The third-order valence-corrected chi connectivity index (χ3v) is 5.88. The van der Waals surface area contributed by atoms with Crippen LogP contribution in [0.15, 0.2) is 0 Å². The molecule has 21 heavy (non-hydrogen) atoms. The maximum atomic E-state index is 12.5. The molecule has 5 heteroatoms. The van der Waals surface area contributed by atoms with E-state index in [2.05, 4.69) is 0 Å². The first-order valence-corrected chi connectivity index (χ1v) is 8.17. The van der Waals surface area contributed by atoms with Crippen molar-refractivity contribution in [1.82, 2.24) is 9.80 Å². The van der Waals surface area contributed by atoms with E-state index < -0.39 is 0 Å². The van der Waals surface area contributed by atoms with E-state index in [9.17, 15) is 9.59 Å². The van der Waals surface area contributed by atoms with Crippen LogP contribution >= 0.6 is 0 Å². The monoisotopic (exact) mass is 294 g/mol. The highest BCUT2D eigenvalue weighted by atomic mass is 16.5. The maximum absolute atomic E-state index is 12.5. The minimum absolute atomic E-state index is 0.0714. The summed E-state index contributed by atoms with van der Waals surface area (Å²) in [6.07, 6.45) is 7.60. The highest BCUT2D eigenvalue weighted by molar-refractivity contribution is 5.77. The molecule has 0 radical (unpaired) electrons. The van der Waals surface area contributed by atoms with E-state index in [1.807, 2.05) is 16.8 Å². The lowest BCUT2D eigenvalue weighted by Gasteiger charge is -2.37. The topological polar surface area (TPSA) is 49.9 Å². The second-order valence-corrected chi connectivity index (χ2v) is 6.96. The maximum Gasteiger partial charge on any atom is 0.319 e. The predicted octanol–water partition coefficient (Wildman–Crippen LogP) is 2.26. The van der Waals surface area contributed by atoms with E-state index >= 15 is 0 Å². The number of hydrogen-bond donors (Lipinski definition) is 0. The zero-order chi connectivity index (χ0) is 15.0. The SMILES string of the molecule is COC(=O)[C@H]1CC12CCN(C(=O)N(C)C1CCCC1)CC2. The van der Waals surface area contributed by atoms with Crippen LogP contribution in [0.5, 0.6) is 0 Å². The Kier molecular flexibility index (Phi) is 3.84. The van der Waals surface area contributed by atoms with Gasteiger partial charge in [0, 0.05) is 26.2 Å². The van der Waals surface area contributed by atoms with Crippen LogP contribution in [0.3, 0.4) is 0 Å². The zero-order valence-electron chi connectivity index (χ0n) is 13.1. The molecule has 2 saturated carbocycles. The van der Waals surface area contributed by atoms with E-state index in [1.165, 1.54) is 20.0 Å². The number of hydrogen-bond acceptors (Lipinski definition) is 3. The third-order valence-electron chi connectivity index (χ3n) is 5.88. The summed E-state index contributed by atoms with van der Waals surface area (Å²) >= 11 is 0. The second kappa shape index (κ2) is 5.50. The Balaban J connectivity index is 1.52. The molecule has 1 atom stereocenters. The summed E-state index contributed by atoms with van der Waals surface area (Å²) in [4.78, 5) is 28.1. The number of carbonyl (C=O) groups is 2. The van der Waals surface area contributed by atoms with Gasteiger partial charge in [0.1, 0.15) is 0 Å². The Morgan fingerprint density at radius 2 is 1.81 bits per heavy atom. The standard InChI is InChI=1S/C16H26N2O3/c1-17(12-5-3-4-6-12)15(20)18-9-7-16(8-10-18)11-13(16)14(19)21-2/h12-13H,3-11H2,1-2H3/t13-/m1/s1. The van der Waals surface area contributed by atoms with Gasteiger partial charge in [0.2, 0.25) is 0 Å². The number of likely N-dealkylation sites (tertiary alicyclic amines) is 1. The summed E-state index contributed by atoms with van der Waals surface area (Å²) < 4.78 is 4.85. The summed E-state index contributed by atoms with van der Waals surface area (Å²) in [5, 5.41) is 0. The van der Waals surface area contributed by atoms with E-state index in [4.69, 9.17) is 4.74 Å². The number of urea groups is 1. The molecule has 5 nitrogen and oxygen atoms in total. The molecule has 1 saturated heterocycles. The first-order valence-electron chi connectivity index (χ1n) is 8.17. The third kappa shape index (κ3) is 2.62. The lowest BCUT2D eigenvalue weighted by Crippen LogP contribution is -2.48. The minimum atomic E-state index is -0.0714. The van der Waals surface area contributed by atoms with Crippen molar-refractivity contribution in [3.05, 3.63) is 0 Å². The molecule has 0 unspecified atom stereocenters. The average molecular weight is 294 g/mol. The van der Waals surface area contributed by atoms with Crippen molar-refractivity contribution in [2.75, 3.05) is 27.2 Å².